The van der Waals surface area contributed by atoms with Crippen molar-refractivity contribution in [1.82, 2.24) is 14.7 Å². The first-order valence-corrected chi connectivity index (χ1v) is 7.82. The van der Waals surface area contributed by atoms with E-state index in [4.69, 9.17) is 5.73 Å². The van der Waals surface area contributed by atoms with Gasteiger partial charge in [0.05, 0.1) is 0 Å². The van der Waals surface area contributed by atoms with Crippen LogP contribution in [-0.4, -0.2) is 33.6 Å². The number of carbonyl (C=O) groups excluding carboxylic acids is 1. The first kappa shape index (κ1) is 13.8. The molecule has 0 aromatic carbocycles. The number of primary amides is 1. The summed E-state index contributed by atoms with van der Waals surface area (Å²) >= 11 is 2.96. The minimum absolute atomic E-state index is 0.264. The number of likely N-dealkylation sites (N-methyl/N-ethyl adjacent to an activating group) is 1. The van der Waals surface area contributed by atoms with Gasteiger partial charge in [0.2, 0.25) is 5.91 Å². The van der Waals surface area contributed by atoms with Crippen molar-refractivity contribution in [2.45, 2.75) is 36.1 Å². The van der Waals surface area contributed by atoms with Crippen molar-refractivity contribution >= 4 is 29.2 Å². The summed E-state index contributed by atoms with van der Waals surface area (Å²) in [5.74, 6) is 1.59. The first-order valence-electron chi connectivity index (χ1n) is 6.06. The number of nitrogens with one attached hydrogen (secondary N) is 1. The fourth-order valence-electron chi connectivity index (χ4n) is 1.98. The van der Waals surface area contributed by atoms with Crippen LogP contribution in [0.4, 0.5) is 0 Å². The summed E-state index contributed by atoms with van der Waals surface area (Å²) < 4.78 is 5.15. The van der Waals surface area contributed by atoms with E-state index in [-0.39, 0.29) is 5.91 Å². The Balaban J connectivity index is 2.03. The Kier molecular flexibility index (Phi) is 4.24. The van der Waals surface area contributed by atoms with Crippen LogP contribution in [-0.2, 0) is 11.2 Å². The van der Waals surface area contributed by atoms with Gasteiger partial charge in [0, 0.05) is 12.2 Å². The molecular weight excluding hydrogens is 268 g/mol. The Hall–Kier alpha value is -0.660. The topological polar surface area (TPSA) is 80.9 Å². The maximum atomic E-state index is 11.7. The summed E-state index contributed by atoms with van der Waals surface area (Å²) in [7, 11) is 1.81. The third-order valence-electron chi connectivity index (χ3n) is 3.35. The van der Waals surface area contributed by atoms with Gasteiger partial charge in [-0.1, -0.05) is 18.7 Å². The van der Waals surface area contributed by atoms with Crippen molar-refractivity contribution in [3.63, 3.8) is 0 Å². The molecule has 18 heavy (non-hydrogen) atoms. The molecule has 1 aromatic rings. The second-order valence-corrected chi connectivity index (χ2v) is 6.45. The average Bonchev–Trinajstić information content (AvgIpc) is 3.10. The monoisotopic (exact) mass is 286 g/mol. The molecule has 2 rings (SSSR count). The molecule has 1 amide bonds. The van der Waals surface area contributed by atoms with E-state index in [1.54, 1.807) is 18.8 Å². The molecule has 0 radical (unpaired) electrons. The minimum Gasteiger partial charge on any atom is -0.368 e. The Morgan fingerprint density at radius 1 is 1.67 bits per heavy atom. The van der Waals surface area contributed by atoms with E-state index in [9.17, 15) is 4.79 Å². The molecule has 0 aliphatic heterocycles. The SMILES string of the molecule is CCc1nsc(SCC(NC)(C(N)=O)C2CC2)n1. The summed E-state index contributed by atoms with van der Waals surface area (Å²) in [5.41, 5.74) is 4.98. The van der Waals surface area contributed by atoms with E-state index in [1.165, 1.54) is 11.5 Å². The number of aromatic nitrogens is 2. The highest BCUT2D eigenvalue weighted by Gasteiger charge is 2.48. The molecular formula is C11H18N4OS2. The molecule has 1 fully saturated rings. The predicted octanol–water partition coefficient (Wildman–Crippen LogP) is 1.05. The van der Waals surface area contributed by atoms with E-state index in [0.29, 0.717) is 11.7 Å². The molecule has 1 heterocycles. The molecule has 1 aromatic heterocycles. The number of hydrogen-bond acceptors (Lipinski definition) is 6. The largest absolute Gasteiger partial charge is 0.368 e. The van der Waals surface area contributed by atoms with Gasteiger partial charge in [-0.15, -0.1) is 0 Å². The molecule has 3 N–H and O–H groups in total. The minimum atomic E-state index is -0.595. The van der Waals surface area contributed by atoms with Gasteiger partial charge in [-0.05, 0) is 37.3 Å². The molecule has 1 aliphatic carbocycles. The zero-order valence-corrected chi connectivity index (χ0v) is 12.2. The van der Waals surface area contributed by atoms with Gasteiger partial charge < -0.3 is 11.1 Å². The lowest BCUT2D eigenvalue weighted by Gasteiger charge is -2.29. The quantitative estimate of drug-likeness (QED) is 0.732. The zero-order valence-electron chi connectivity index (χ0n) is 10.6. The summed E-state index contributed by atoms with van der Waals surface area (Å²) in [5, 5.41) is 3.13. The van der Waals surface area contributed by atoms with Gasteiger partial charge in [0.15, 0.2) is 4.34 Å². The molecule has 5 nitrogen and oxygen atoms in total. The van der Waals surface area contributed by atoms with Gasteiger partial charge in [0.25, 0.3) is 0 Å². The smallest absolute Gasteiger partial charge is 0.238 e. The number of hydrogen-bond donors (Lipinski definition) is 2. The number of carbonyl (C=O) groups is 1. The number of nitrogens with zero attached hydrogens (tertiary/aromatic N) is 2. The predicted molar refractivity (Wildman–Crippen MR) is 73.7 cm³/mol. The molecule has 1 unspecified atom stereocenters. The highest BCUT2D eigenvalue weighted by atomic mass is 32.2. The highest BCUT2D eigenvalue weighted by Crippen LogP contribution is 2.42. The maximum Gasteiger partial charge on any atom is 0.238 e. The van der Waals surface area contributed by atoms with E-state index in [1.807, 2.05) is 6.92 Å². The third-order valence-corrected chi connectivity index (χ3v) is 5.41. The van der Waals surface area contributed by atoms with Gasteiger partial charge in [-0.25, -0.2) is 4.98 Å². The number of amides is 1. The van der Waals surface area contributed by atoms with Crippen LogP contribution in [0.25, 0.3) is 0 Å². The molecule has 0 bridgehead atoms. The van der Waals surface area contributed by atoms with Crippen LogP contribution in [0.5, 0.6) is 0 Å². The second-order valence-electron chi connectivity index (χ2n) is 4.48. The van der Waals surface area contributed by atoms with Crippen molar-refractivity contribution in [2.75, 3.05) is 12.8 Å². The Morgan fingerprint density at radius 3 is 2.83 bits per heavy atom. The van der Waals surface area contributed by atoms with Crippen molar-refractivity contribution in [1.29, 1.82) is 0 Å². The van der Waals surface area contributed by atoms with Gasteiger partial charge >= 0.3 is 0 Å². The zero-order chi connectivity index (χ0) is 13.2. The highest BCUT2D eigenvalue weighted by molar-refractivity contribution is 8.01. The van der Waals surface area contributed by atoms with E-state index in [2.05, 4.69) is 14.7 Å². The Bertz CT molecular complexity index is 432. The van der Waals surface area contributed by atoms with Crippen molar-refractivity contribution in [3.8, 4) is 0 Å². The van der Waals surface area contributed by atoms with Gasteiger partial charge in [0.1, 0.15) is 11.4 Å². The normalized spacial score (nSPS) is 18.6. The molecule has 7 heteroatoms. The van der Waals surface area contributed by atoms with Gasteiger partial charge in [-0.3, -0.25) is 4.79 Å². The molecule has 0 saturated heterocycles. The van der Waals surface area contributed by atoms with Crippen molar-refractivity contribution in [2.24, 2.45) is 11.7 Å². The first-order chi connectivity index (χ1) is 8.62. The van der Waals surface area contributed by atoms with Crippen molar-refractivity contribution in [3.05, 3.63) is 5.82 Å². The fourth-order valence-corrected chi connectivity index (χ4v) is 4.02. The second kappa shape index (κ2) is 5.54. The number of aryl methyl sites for hydroxylation is 1. The Labute approximate surface area is 115 Å². The van der Waals surface area contributed by atoms with Crippen LogP contribution in [0.15, 0.2) is 4.34 Å². The molecule has 0 spiro atoms. The Morgan fingerprint density at radius 2 is 2.39 bits per heavy atom. The summed E-state index contributed by atoms with van der Waals surface area (Å²) in [6.45, 7) is 2.03. The lowest BCUT2D eigenvalue weighted by molar-refractivity contribution is -0.124. The van der Waals surface area contributed by atoms with Crippen LogP contribution < -0.4 is 11.1 Å². The van der Waals surface area contributed by atoms with Gasteiger partial charge in [-0.2, -0.15) is 4.37 Å². The average molecular weight is 286 g/mol. The van der Waals surface area contributed by atoms with E-state index >= 15 is 0 Å². The fraction of sp³-hybridized carbons (Fsp3) is 0.727. The van der Waals surface area contributed by atoms with Crippen LogP contribution >= 0.6 is 23.3 Å². The third kappa shape index (κ3) is 2.67. The molecule has 1 saturated carbocycles. The van der Waals surface area contributed by atoms with Crippen LogP contribution in [0.2, 0.25) is 0 Å². The summed E-state index contributed by atoms with van der Waals surface area (Å²) in [6.07, 6.45) is 2.98. The number of nitrogens with two attached hydrogens (primary N) is 1. The van der Waals surface area contributed by atoms with Crippen LogP contribution in [0.1, 0.15) is 25.6 Å². The molecule has 1 aliphatic rings. The number of thioether (sulfide) groups is 1. The summed E-state index contributed by atoms with van der Waals surface area (Å²) in [6, 6.07) is 0. The van der Waals surface area contributed by atoms with E-state index in [0.717, 1.165) is 29.4 Å². The van der Waals surface area contributed by atoms with Crippen LogP contribution in [0.3, 0.4) is 0 Å². The summed E-state index contributed by atoms with van der Waals surface area (Å²) in [4.78, 5) is 16.1. The number of rotatable bonds is 7. The molecule has 1 atom stereocenters. The lowest BCUT2D eigenvalue weighted by Crippen LogP contribution is -2.57. The lowest BCUT2D eigenvalue weighted by atomic mass is 9.95. The van der Waals surface area contributed by atoms with E-state index < -0.39 is 5.54 Å². The maximum absolute atomic E-state index is 11.7. The van der Waals surface area contributed by atoms with Crippen LogP contribution in [0, 0.1) is 5.92 Å². The standard InChI is InChI=1S/C11H18N4OS2/c1-3-8-14-10(18-15-8)17-6-11(13-2,9(12)16)7-4-5-7/h7,13H,3-6H2,1-2H3,(H2,12,16). The van der Waals surface area contributed by atoms with Crippen molar-refractivity contribution < 1.29 is 4.79 Å². The molecule has 100 valence electrons.